The van der Waals surface area contributed by atoms with Gasteiger partial charge in [0.15, 0.2) is 0 Å². The predicted molar refractivity (Wildman–Crippen MR) is 91.1 cm³/mol. The Morgan fingerprint density at radius 2 is 1.45 bits per heavy atom. The van der Waals surface area contributed by atoms with E-state index in [1.54, 1.807) is 6.93 Å². The molecule has 0 saturated carbocycles. The Labute approximate surface area is 130 Å². The van der Waals surface area contributed by atoms with Crippen molar-refractivity contribution in [1.29, 1.82) is 0 Å². The van der Waals surface area contributed by atoms with Crippen LogP contribution in [-0.2, 0) is 0 Å². The van der Waals surface area contributed by atoms with Crippen molar-refractivity contribution in [1.82, 2.24) is 0 Å². The zero-order valence-electron chi connectivity index (χ0n) is 10.5. The first-order valence-corrected chi connectivity index (χ1v) is 10.0. The van der Waals surface area contributed by atoms with E-state index in [0.29, 0.717) is 0 Å². The van der Waals surface area contributed by atoms with Crippen molar-refractivity contribution in [2.45, 2.75) is 0 Å². The molecular formula is C17H9AsS2. The molecule has 0 N–H and O–H groups in total. The van der Waals surface area contributed by atoms with Gasteiger partial charge in [-0.2, -0.15) is 0 Å². The predicted octanol–water partition coefficient (Wildman–Crippen LogP) is 3.54. The summed E-state index contributed by atoms with van der Waals surface area (Å²) in [5.41, 5.74) is 1.49. The van der Waals surface area contributed by atoms with Crippen molar-refractivity contribution in [2.75, 3.05) is 0 Å². The van der Waals surface area contributed by atoms with Crippen LogP contribution in [0, 0.1) is 3.26 Å². The Bertz CT molecular complexity index is 1100. The van der Waals surface area contributed by atoms with Crippen molar-refractivity contribution in [2.24, 2.45) is 0 Å². The molecule has 94 valence electrons. The van der Waals surface area contributed by atoms with Crippen LogP contribution in [0.2, 0.25) is 0 Å². The number of fused-ring (bicyclic) bond motifs is 6. The van der Waals surface area contributed by atoms with Gasteiger partial charge in [-0.1, -0.05) is 0 Å². The summed E-state index contributed by atoms with van der Waals surface area (Å²) in [6.45, 7) is 0. The van der Waals surface area contributed by atoms with Gasteiger partial charge in [0.25, 0.3) is 0 Å². The van der Waals surface area contributed by atoms with Crippen LogP contribution in [0.1, 0.15) is 5.56 Å². The van der Waals surface area contributed by atoms with Crippen molar-refractivity contribution in [3.8, 4) is 0 Å². The summed E-state index contributed by atoms with van der Waals surface area (Å²) in [4.78, 5) is 0. The molecule has 2 aromatic heterocycles. The van der Waals surface area contributed by atoms with E-state index in [0.717, 1.165) is 0 Å². The minimum absolute atomic E-state index is 0.149. The molecule has 0 bridgehead atoms. The van der Waals surface area contributed by atoms with Gasteiger partial charge in [-0.25, -0.2) is 0 Å². The Kier molecular flexibility index (Phi) is 2.37. The van der Waals surface area contributed by atoms with E-state index >= 15 is 0 Å². The molecule has 0 unspecified atom stereocenters. The quantitative estimate of drug-likeness (QED) is 0.374. The monoisotopic (exact) mass is 352 g/mol. The second-order valence-electron chi connectivity index (χ2n) is 4.89. The standard InChI is InChI=1S/C17H9AsS2/c1-3-7-14-10(5-1)12-9-13-11-6-2-4-8-15(11)20-17(13)18-16(12)19-14/h1-9H. The number of benzene rings is 2. The van der Waals surface area contributed by atoms with Gasteiger partial charge >= 0.3 is 130 Å². The van der Waals surface area contributed by atoms with Crippen LogP contribution >= 0.6 is 22.7 Å². The van der Waals surface area contributed by atoms with Gasteiger partial charge in [0.05, 0.1) is 0 Å². The Morgan fingerprint density at radius 1 is 0.750 bits per heavy atom. The minimum atomic E-state index is 0.149. The van der Waals surface area contributed by atoms with Crippen LogP contribution in [0.3, 0.4) is 0 Å². The summed E-state index contributed by atoms with van der Waals surface area (Å²) in [5, 5.41) is 4.36. The maximum atomic E-state index is 2.43. The van der Waals surface area contributed by atoms with Crippen LogP contribution < -0.4 is 8.88 Å². The molecule has 20 heavy (non-hydrogen) atoms. The van der Waals surface area contributed by atoms with Gasteiger partial charge in [-0.3, -0.25) is 0 Å². The summed E-state index contributed by atoms with van der Waals surface area (Å²) in [7, 11) is 0. The van der Waals surface area contributed by atoms with Crippen LogP contribution in [0.4, 0.5) is 0 Å². The molecule has 0 radical (unpaired) electrons. The molecule has 2 aromatic carbocycles. The fourth-order valence-corrected chi connectivity index (χ4v) is 9.45. The molecule has 0 atom stereocenters. The molecule has 1 aliphatic heterocycles. The molecule has 0 amide bonds. The van der Waals surface area contributed by atoms with Crippen LogP contribution in [0.25, 0.3) is 26.2 Å². The zero-order chi connectivity index (χ0) is 13.1. The molecule has 0 nitrogen and oxygen atoms in total. The summed E-state index contributed by atoms with van der Waals surface area (Å²) in [6, 6.07) is 17.6. The summed E-state index contributed by atoms with van der Waals surface area (Å²) >= 11 is 4.13. The third kappa shape index (κ3) is 1.50. The van der Waals surface area contributed by atoms with Crippen LogP contribution in [-0.4, -0.2) is 15.3 Å². The molecule has 0 fully saturated rings. The SMILES string of the molecule is C1=c2c(sc3ccccc23)=[As]c2sc3ccccc3c21. The van der Waals surface area contributed by atoms with Gasteiger partial charge in [-0.15, -0.1) is 0 Å². The van der Waals surface area contributed by atoms with Gasteiger partial charge in [-0.05, 0) is 0 Å². The normalized spacial score (nSPS) is 13.6. The molecule has 3 heterocycles. The first kappa shape index (κ1) is 11.4. The number of hydrogen-bond acceptors (Lipinski definition) is 2. The average Bonchev–Trinajstić information content (AvgIpc) is 3.02. The fourth-order valence-electron chi connectivity index (χ4n) is 2.79. The summed E-state index contributed by atoms with van der Waals surface area (Å²) in [6.07, 6.45) is 2.43. The van der Waals surface area contributed by atoms with Crippen molar-refractivity contribution >= 4 is 67.9 Å². The first-order valence-electron chi connectivity index (χ1n) is 6.50. The molecule has 1 aliphatic rings. The Hall–Kier alpha value is -1.21. The third-order valence-corrected chi connectivity index (χ3v) is 9.66. The third-order valence-electron chi connectivity index (χ3n) is 3.72. The topological polar surface area (TPSA) is 0 Å². The van der Waals surface area contributed by atoms with E-state index in [4.69, 9.17) is 0 Å². The molecule has 5 rings (SSSR count). The van der Waals surface area contributed by atoms with Crippen molar-refractivity contribution < 1.29 is 0 Å². The van der Waals surface area contributed by atoms with Gasteiger partial charge in [0.1, 0.15) is 0 Å². The van der Waals surface area contributed by atoms with E-state index in [-0.39, 0.29) is 15.3 Å². The van der Waals surface area contributed by atoms with E-state index < -0.39 is 0 Å². The molecule has 4 aromatic rings. The van der Waals surface area contributed by atoms with E-state index in [1.807, 2.05) is 22.7 Å². The molecular weight excluding hydrogens is 343 g/mol. The Balaban J connectivity index is 1.99. The summed E-state index contributed by atoms with van der Waals surface area (Å²) in [5.74, 6) is 0. The zero-order valence-corrected chi connectivity index (χ0v) is 14.0. The van der Waals surface area contributed by atoms with Crippen LogP contribution in [0.5, 0.6) is 0 Å². The fraction of sp³-hybridized carbons (Fsp3) is 0. The molecule has 3 heteroatoms. The van der Waals surface area contributed by atoms with Crippen molar-refractivity contribution in [3.05, 3.63) is 62.6 Å². The van der Waals surface area contributed by atoms with Crippen molar-refractivity contribution in [3.63, 3.8) is 0 Å². The number of rotatable bonds is 0. The second-order valence-corrected chi connectivity index (χ2v) is 10.7. The average molecular weight is 352 g/mol. The number of hydrogen-bond donors (Lipinski definition) is 0. The molecule has 0 aliphatic carbocycles. The number of thiophene rings is 2. The second kappa shape index (κ2) is 4.14. The van der Waals surface area contributed by atoms with Gasteiger partial charge < -0.3 is 0 Å². The molecule has 0 saturated heterocycles. The van der Waals surface area contributed by atoms with E-state index in [1.165, 1.54) is 31.0 Å². The Morgan fingerprint density at radius 3 is 2.30 bits per heavy atom. The van der Waals surface area contributed by atoms with Gasteiger partial charge in [0, 0.05) is 0 Å². The maximum absolute atomic E-state index is 2.43. The van der Waals surface area contributed by atoms with Crippen LogP contribution in [0.15, 0.2) is 48.5 Å². The first-order chi connectivity index (χ1) is 9.90. The molecule has 0 spiro atoms. The van der Waals surface area contributed by atoms with E-state index in [9.17, 15) is 0 Å². The van der Waals surface area contributed by atoms with Gasteiger partial charge in [0.2, 0.25) is 0 Å². The summed E-state index contributed by atoms with van der Waals surface area (Å²) < 4.78 is 6.09. The van der Waals surface area contributed by atoms with E-state index in [2.05, 4.69) is 54.6 Å².